The zero-order valence-electron chi connectivity index (χ0n) is 31.1. The molecule has 7 aromatic rings. The van der Waals surface area contributed by atoms with Crippen molar-refractivity contribution in [1.82, 2.24) is 0 Å². The molecule has 1 aliphatic heterocycles. The van der Waals surface area contributed by atoms with Crippen LogP contribution in [0.25, 0.3) is 32.7 Å². The topological polar surface area (TPSA) is 9.23 Å². The SMILES string of the molecule is Cc1c(C)c(C)c2c3c(cc(C)c2c1C)Oc1cc(C)c2c(C)c(C)c(C)c(C)c2c1C3(c1ccccc1)c1ccc(-c2ccccc2)cc1. The van der Waals surface area contributed by atoms with Crippen molar-refractivity contribution >= 4 is 21.5 Å². The minimum Gasteiger partial charge on any atom is -0.457 e. The number of aryl methyl sites for hydroxylation is 6. The second kappa shape index (κ2) is 11.5. The van der Waals surface area contributed by atoms with E-state index in [-0.39, 0.29) is 0 Å². The molecule has 0 bridgehead atoms. The van der Waals surface area contributed by atoms with E-state index >= 15 is 0 Å². The van der Waals surface area contributed by atoms with Crippen LogP contribution < -0.4 is 4.74 Å². The summed E-state index contributed by atoms with van der Waals surface area (Å²) in [5.41, 5.74) is 20.0. The van der Waals surface area contributed by atoms with E-state index in [1.165, 1.54) is 111 Å². The van der Waals surface area contributed by atoms with Crippen molar-refractivity contribution in [2.24, 2.45) is 0 Å². The van der Waals surface area contributed by atoms with Crippen LogP contribution in [0.1, 0.15) is 77.9 Å². The molecule has 0 fully saturated rings. The van der Waals surface area contributed by atoms with Gasteiger partial charge in [-0.05, 0) is 181 Å². The molecule has 50 heavy (non-hydrogen) atoms. The summed E-state index contributed by atoms with van der Waals surface area (Å²) >= 11 is 0. The Kier molecular flexibility index (Phi) is 7.35. The highest BCUT2D eigenvalue weighted by molar-refractivity contribution is 6.05. The number of rotatable bonds is 3. The first-order valence-electron chi connectivity index (χ1n) is 18.0. The Balaban J connectivity index is 1.67. The molecular weight excluding hydrogens is 605 g/mol. The predicted molar refractivity (Wildman–Crippen MR) is 213 cm³/mol. The summed E-state index contributed by atoms with van der Waals surface area (Å²) in [6.45, 7) is 22.9. The van der Waals surface area contributed by atoms with E-state index < -0.39 is 5.41 Å². The van der Waals surface area contributed by atoms with Gasteiger partial charge in [-0.15, -0.1) is 0 Å². The van der Waals surface area contributed by atoms with E-state index in [2.05, 4.69) is 166 Å². The van der Waals surface area contributed by atoms with Gasteiger partial charge in [0.2, 0.25) is 0 Å². The lowest BCUT2D eigenvalue weighted by atomic mass is 9.60. The molecule has 0 amide bonds. The Labute approximate surface area is 297 Å². The number of hydrogen-bond acceptors (Lipinski definition) is 1. The first-order valence-corrected chi connectivity index (χ1v) is 18.0. The van der Waals surface area contributed by atoms with Crippen LogP contribution in [0.5, 0.6) is 11.5 Å². The van der Waals surface area contributed by atoms with E-state index in [4.69, 9.17) is 4.74 Å². The van der Waals surface area contributed by atoms with Crippen molar-refractivity contribution in [3.63, 3.8) is 0 Å². The fourth-order valence-electron chi connectivity index (χ4n) is 9.29. The number of hydrogen-bond donors (Lipinski definition) is 0. The van der Waals surface area contributed by atoms with E-state index in [0.29, 0.717) is 0 Å². The highest BCUT2D eigenvalue weighted by Crippen LogP contribution is 2.61. The van der Waals surface area contributed by atoms with Crippen molar-refractivity contribution in [3.05, 3.63) is 175 Å². The minimum atomic E-state index is -0.672. The van der Waals surface area contributed by atoms with Crippen molar-refractivity contribution in [2.45, 2.75) is 74.7 Å². The van der Waals surface area contributed by atoms with Gasteiger partial charge in [0.05, 0.1) is 5.41 Å². The second-order valence-corrected chi connectivity index (χ2v) is 14.8. The van der Waals surface area contributed by atoms with Crippen LogP contribution in [0, 0.1) is 69.2 Å². The monoisotopic (exact) mass is 650 g/mol. The summed E-state index contributed by atoms with van der Waals surface area (Å²) < 4.78 is 7.28. The van der Waals surface area contributed by atoms with Crippen LogP contribution in [-0.2, 0) is 5.41 Å². The van der Waals surface area contributed by atoms with E-state index in [0.717, 1.165) is 11.5 Å². The van der Waals surface area contributed by atoms with E-state index in [9.17, 15) is 0 Å². The lowest BCUT2D eigenvalue weighted by Gasteiger charge is -2.44. The average molecular weight is 651 g/mol. The number of ether oxygens (including phenoxy) is 1. The molecule has 1 aliphatic rings. The maximum Gasteiger partial charge on any atom is 0.133 e. The predicted octanol–water partition coefficient (Wildman–Crippen LogP) is 13.2. The maximum atomic E-state index is 7.28. The van der Waals surface area contributed by atoms with Crippen LogP contribution in [0.15, 0.2) is 97.1 Å². The summed E-state index contributed by atoms with van der Waals surface area (Å²) in [5.74, 6) is 1.89. The van der Waals surface area contributed by atoms with Crippen molar-refractivity contribution in [1.29, 1.82) is 0 Å². The largest absolute Gasteiger partial charge is 0.457 e. The zero-order chi connectivity index (χ0) is 35.2. The molecule has 0 saturated heterocycles. The molecule has 0 aromatic heterocycles. The Morgan fingerprint density at radius 1 is 0.360 bits per heavy atom. The molecular formula is C49H46O. The Morgan fingerprint density at radius 2 is 0.720 bits per heavy atom. The van der Waals surface area contributed by atoms with Gasteiger partial charge in [0.25, 0.3) is 0 Å². The van der Waals surface area contributed by atoms with Crippen molar-refractivity contribution in [3.8, 4) is 22.6 Å². The van der Waals surface area contributed by atoms with Gasteiger partial charge >= 0.3 is 0 Å². The minimum absolute atomic E-state index is 0.672. The fourth-order valence-corrected chi connectivity index (χ4v) is 9.29. The van der Waals surface area contributed by atoms with Gasteiger partial charge in [0.15, 0.2) is 0 Å². The third kappa shape index (κ3) is 4.25. The molecule has 8 rings (SSSR count). The lowest BCUT2D eigenvalue weighted by Crippen LogP contribution is -2.35. The summed E-state index contributed by atoms with van der Waals surface area (Å²) in [5, 5.41) is 5.31. The number of benzene rings is 7. The summed E-state index contributed by atoms with van der Waals surface area (Å²) in [6.07, 6.45) is 0. The van der Waals surface area contributed by atoms with Gasteiger partial charge in [0.1, 0.15) is 11.5 Å². The molecule has 0 aliphatic carbocycles. The Hall–Kier alpha value is -5.14. The van der Waals surface area contributed by atoms with E-state index in [1.54, 1.807) is 0 Å². The first kappa shape index (κ1) is 32.1. The quantitative estimate of drug-likeness (QED) is 0.185. The van der Waals surface area contributed by atoms with Crippen molar-refractivity contribution < 1.29 is 4.74 Å². The molecule has 0 N–H and O–H groups in total. The lowest BCUT2D eigenvalue weighted by molar-refractivity contribution is 0.438. The molecule has 0 atom stereocenters. The van der Waals surface area contributed by atoms with Gasteiger partial charge in [-0.1, -0.05) is 84.9 Å². The van der Waals surface area contributed by atoms with Gasteiger partial charge in [0, 0.05) is 11.1 Å². The van der Waals surface area contributed by atoms with Crippen LogP contribution in [-0.4, -0.2) is 0 Å². The highest BCUT2D eigenvalue weighted by Gasteiger charge is 2.49. The average Bonchev–Trinajstić information content (AvgIpc) is 3.13. The highest BCUT2D eigenvalue weighted by atomic mass is 16.5. The van der Waals surface area contributed by atoms with Gasteiger partial charge in [-0.25, -0.2) is 0 Å². The van der Waals surface area contributed by atoms with Crippen LogP contribution >= 0.6 is 0 Å². The normalized spacial score (nSPS) is 13.3. The van der Waals surface area contributed by atoms with E-state index in [1.807, 2.05) is 0 Å². The van der Waals surface area contributed by atoms with Crippen LogP contribution in [0.2, 0.25) is 0 Å². The number of fused-ring (bicyclic) bond motifs is 6. The molecule has 1 heterocycles. The second-order valence-electron chi connectivity index (χ2n) is 14.8. The fraction of sp³-hybridized carbons (Fsp3) is 0.224. The molecule has 0 unspecified atom stereocenters. The maximum absolute atomic E-state index is 7.28. The molecule has 0 radical (unpaired) electrons. The van der Waals surface area contributed by atoms with Crippen LogP contribution in [0.3, 0.4) is 0 Å². The molecule has 7 aromatic carbocycles. The van der Waals surface area contributed by atoms with Crippen molar-refractivity contribution in [2.75, 3.05) is 0 Å². The summed E-state index contributed by atoms with van der Waals surface area (Å²) in [7, 11) is 0. The smallest absolute Gasteiger partial charge is 0.133 e. The standard InChI is InChI=1S/C49H46O/c1-27-25-41-47(45-35(9)31(5)29(3)33(7)43(27)45)49(39-19-15-12-16-20-39,40-23-21-38(22-24-40)37-17-13-11-14-18-37)48-42(50-41)26-28(2)44-34(8)30(4)32(6)36(10)46(44)48/h11-26H,1-10H3. The van der Waals surface area contributed by atoms with Gasteiger partial charge in [-0.2, -0.15) is 0 Å². The summed E-state index contributed by atoms with van der Waals surface area (Å²) in [4.78, 5) is 0. The first-order chi connectivity index (χ1) is 24.0. The third-order valence-electron chi connectivity index (χ3n) is 12.5. The molecule has 1 heteroatoms. The summed E-state index contributed by atoms with van der Waals surface area (Å²) in [6, 6.07) is 36.0. The Bertz CT molecular complexity index is 2400. The molecule has 248 valence electrons. The molecule has 0 spiro atoms. The third-order valence-corrected chi connectivity index (χ3v) is 12.5. The van der Waals surface area contributed by atoms with Gasteiger partial charge in [-0.3, -0.25) is 0 Å². The zero-order valence-corrected chi connectivity index (χ0v) is 31.1. The molecule has 1 nitrogen and oxygen atoms in total. The van der Waals surface area contributed by atoms with Crippen LogP contribution in [0.4, 0.5) is 0 Å². The van der Waals surface area contributed by atoms with Gasteiger partial charge < -0.3 is 4.74 Å². The molecule has 0 saturated carbocycles. The Morgan fingerprint density at radius 3 is 1.16 bits per heavy atom.